The van der Waals surface area contributed by atoms with Crippen molar-refractivity contribution in [1.82, 2.24) is 10.9 Å². The summed E-state index contributed by atoms with van der Waals surface area (Å²) in [5, 5.41) is -1.51. The van der Waals surface area contributed by atoms with Crippen molar-refractivity contribution in [3.63, 3.8) is 0 Å². The first kappa shape index (κ1) is 23.0. The molecule has 1 unspecified atom stereocenters. The zero-order valence-electron chi connectivity index (χ0n) is 17.1. The summed E-state index contributed by atoms with van der Waals surface area (Å²) in [7, 11) is -4.06. The van der Waals surface area contributed by atoms with Crippen molar-refractivity contribution in [3.05, 3.63) is 84.7 Å². The van der Waals surface area contributed by atoms with E-state index in [4.69, 9.17) is 4.74 Å². The van der Waals surface area contributed by atoms with Crippen molar-refractivity contribution < 1.29 is 27.1 Å². The van der Waals surface area contributed by atoms with Gasteiger partial charge < -0.3 is 4.74 Å². The van der Waals surface area contributed by atoms with Gasteiger partial charge in [0.25, 0.3) is 11.8 Å². The van der Waals surface area contributed by atoms with Gasteiger partial charge in [-0.3, -0.25) is 20.4 Å². The average molecular weight is 456 g/mol. The van der Waals surface area contributed by atoms with E-state index in [1.807, 2.05) is 42.5 Å². The van der Waals surface area contributed by atoms with Crippen LogP contribution in [0.15, 0.2) is 83.8 Å². The average Bonchev–Trinajstić information content (AvgIpc) is 2.81. The van der Waals surface area contributed by atoms with E-state index in [1.54, 1.807) is 12.1 Å². The molecule has 0 heterocycles. The molecule has 0 saturated heterocycles. The number of rotatable bonds is 7. The second-order valence-electron chi connectivity index (χ2n) is 6.83. The molecule has 1 atom stereocenters. The largest absolute Gasteiger partial charge is 0.483 e. The maximum atomic E-state index is 13.0. The molecule has 0 aliphatic carbocycles. The summed E-state index contributed by atoms with van der Waals surface area (Å²) in [6.07, 6.45) is 0. The summed E-state index contributed by atoms with van der Waals surface area (Å²) >= 11 is 0. The predicted molar refractivity (Wildman–Crippen MR) is 117 cm³/mol. The van der Waals surface area contributed by atoms with Crippen LogP contribution in [0.1, 0.15) is 6.92 Å². The van der Waals surface area contributed by atoms with Crippen molar-refractivity contribution in [2.45, 2.75) is 17.1 Å². The van der Waals surface area contributed by atoms with E-state index < -0.39 is 39.3 Å². The fourth-order valence-corrected chi connectivity index (χ4v) is 4.09. The van der Waals surface area contributed by atoms with Crippen LogP contribution in [0.3, 0.4) is 0 Å². The number of hydrogen-bond donors (Lipinski definition) is 2. The highest BCUT2D eigenvalue weighted by Crippen LogP contribution is 2.29. The van der Waals surface area contributed by atoms with Gasteiger partial charge in [0.2, 0.25) is 0 Å². The molecule has 9 heteroatoms. The van der Waals surface area contributed by atoms with Gasteiger partial charge in [-0.1, -0.05) is 48.5 Å². The highest BCUT2D eigenvalue weighted by molar-refractivity contribution is 7.92. The first-order valence-corrected chi connectivity index (χ1v) is 11.2. The summed E-state index contributed by atoms with van der Waals surface area (Å²) in [4.78, 5) is 24.1. The van der Waals surface area contributed by atoms with Gasteiger partial charge in [-0.05, 0) is 42.8 Å². The van der Waals surface area contributed by atoms with Crippen LogP contribution < -0.4 is 15.6 Å². The number of ether oxygens (including phenoxy) is 1. The Labute approximate surface area is 185 Å². The topological polar surface area (TPSA) is 102 Å². The fourth-order valence-electron chi connectivity index (χ4n) is 2.83. The summed E-state index contributed by atoms with van der Waals surface area (Å²) in [6, 6.07) is 20.8. The fraction of sp³-hybridized carbons (Fsp3) is 0.130. The quantitative estimate of drug-likeness (QED) is 0.421. The van der Waals surface area contributed by atoms with Gasteiger partial charge in [-0.2, -0.15) is 0 Å². The highest BCUT2D eigenvalue weighted by Gasteiger charge is 2.30. The lowest BCUT2D eigenvalue weighted by atomic mass is 10.1. The summed E-state index contributed by atoms with van der Waals surface area (Å²) < 4.78 is 43.6. The normalized spacial score (nSPS) is 11.9. The van der Waals surface area contributed by atoms with Crippen LogP contribution in [0.5, 0.6) is 5.75 Å². The molecule has 0 fully saturated rings. The smallest absolute Gasteiger partial charge is 0.276 e. The van der Waals surface area contributed by atoms with Crippen molar-refractivity contribution in [2.75, 3.05) is 6.61 Å². The minimum atomic E-state index is -4.06. The molecule has 0 aliphatic rings. The Balaban J connectivity index is 1.56. The van der Waals surface area contributed by atoms with Gasteiger partial charge in [0.05, 0.1) is 4.90 Å². The van der Waals surface area contributed by atoms with Gasteiger partial charge >= 0.3 is 0 Å². The van der Waals surface area contributed by atoms with Crippen LogP contribution in [0.25, 0.3) is 11.1 Å². The number of benzene rings is 3. The molecule has 0 radical (unpaired) electrons. The molecule has 0 bridgehead atoms. The molecular weight excluding hydrogens is 435 g/mol. The minimum absolute atomic E-state index is 0.200. The van der Waals surface area contributed by atoms with E-state index in [0.29, 0.717) is 5.75 Å². The van der Waals surface area contributed by atoms with Crippen LogP contribution in [0.2, 0.25) is 0 Å². The molecule has 3 aromatic carbocycles. The number of carbonyl (C=O) groups is 2. The lowest BCUT2D eigenvalue weighted by Gasteiger charge is -2.15. The van der Waals surface area contributed by atoms with Gasteiger partial charge in [0.15, 0.2) is 16.4 Å². The third kappa shape index (κ3) is 5.50. The summed E-state index contributed by atoms with van der Waals surface area (Å²) in [6.45, 7) is 0.774. The number of hydrazine groups is 1. The molecular formula is C23H21FN2O5S. The molecule has 3 rings (SSSR count). The third-order valence-corrected chi connectivity index (χ3v) is 6.71. The molecule has 7 nitrogen and oxygen atoms in total. The number of sulfone groups is 1. The number of para-hydroxylation sites is 1. The lowest BCUT2D eigenvalue weighted by Crippen LogP contribution is -2.49. The Kier molecular flexibility index (Phi) is 7.21. The zero-order chi connectivity index (χ0) is 23.1. The first-order chi connectivity index (χ1) is 15.3. The minimum Gasteiger partial charge on any atom is -0.483 e. The van der Waals surface area contributed by atoms with Crippen molar-refractivity contribution in [1.29, 1.82) is 0 Å². The number of amides is 2. The maximum Gasteiger partial charge on any atom is 0.276 e. The van der Waals surface area contributed by atoms with Gasteiger partial charge in [0, 0.05) is 5.56 Å². The van der Waals surface area contributed by atoms with Crippen LogP contribution in [0, 0.1) is 5.82 Å². The standard InChI is InChI=1S/C23H21FN2O5S/c1-16(32(29,30)19-13-11-18(24)12-14-19)23(28)26-25-22(27)15-31-21-10-6-5-9-20(21)17-7-3-2-4-8-17/h2-14,16H,15H2,1H3,(H,25,27)(H,26,28). The summed E-state index contributed by atoms with van der Waals surface area (Å²) in [5.41, 5.74) is 5.93. The molecule has 2 amide bonds. The van der Waals surface area contributed by atoms with Crippen LogP contribution in [0.4, 0.5) is 4.39 Å². The number of nitrogens with one attached hydrogen (secondary N) is 2. The van der Waals surface area contributed by atoms with E-state index in [0.717, 1.165) is 35.4 Å². The number of halogens is 1. The Bertz CT molecular complexity index is 1200. The third-order valence-electron chi connectivity index (χ3n) is 4.63. The van der Waals surface area contributed by atoms with Crippen LogP contribution in [-0.2, 0) is 19.4 Å². The van der Waals surface area contributed by atoms with Crippen molar-refractivity contribution in [2.24, 2.45) is 0 Å². The molecule has 0 aliphatic heterocycles. The maximum absolute atomic E-state index is 13.0. The monoisotopic (exact) mass is 456 g/mol. The van der Waals surface area contributed by atoms with E-state index in [9.17, 15) is 22.4 Å². The van der Waals surface area contributed by atoms with Crippen molar-refractivity contribution in [3.8, 4) is 16.9 Å². The molecule has 3 aromatic rings. The highest BCUT2D eigenvalue weighted by atomic mass is 32.2. The van der Waals surface area contributed by atoms with Crippen LogP contribution >= 0.6 is 0 Å². The van der Waals surface area contributed by atoms with Gasteiger partial charge in [-0.15, -0.1) is 0 Å². The molecule has 166 valence electrons. The molecule has 0 spiro atoms. The van der Waals surface area contributed by atoms with E-state index in [-0.39, 0.29) is 4.90 Å². The Morgan fingerprint density at radius 2 is 1.53 bits per heavy atom. The SMILES string of the molecule is CC(C(=O)NNC(=O)COc1ccccc1-c1ccccc1)S(=O)(=O)c1ccc(F)cc1. The Morgan fingerprint density at radius 1 is 0.906 bits per heavy atom. The number of hydrogen-bond acceptors (Lipinski definition) is 5. The van der Waals surface area contributed by atoms with Gasteiger partial charge in [0.1, 0.15) is 16.8 Å². The van der Waals surface area contributed by atoms with E-state index >= 15 is 0 Å². The molecule has 2 N–H and O–H groups in total. The Morgan fingerprint density at radius 3 is 2.22 bits per heavy atom. The van der Waals surface area contributed by atoms with Gasteiger partial charge in [-0.25, -0.2) is 12.8 Å². The Hall–Kier alpha value is -3.72. The van der Waals surface area contributed by atoms with Crippen molar-refractivity contribution >= 4 is 21.7 Å². The molecule has 0 saturated carbocycles. The number of carbonyl (C=O) groups excluding carboxylic acids is 2. The zero-order valence-corrected chi connectivity index (χ0v) is 17.9. The molecule has 0 aromatic heterocycles. The summed E-state index contributed by atoms with van der Waals surface area (Å²) in [5.74, 6) is -1.73. The lowest BCUT2D eigenvalue weighted by molar-refractivity contribution is -0.129. The second-order valence-corrected chi connectivity index (χ2v) is 9.10. The van der Waals surface area contributed by atoms with E-state index in [2.05, 4.69) is 10.9 Å². The first-order valence-electron chi connectivity index (χ1n) is 9.64. The van der Waals surface area contributed by atoms with E-state index in [1.165, 1.54) is 6.92 Å². The molecule has 32 heavy (non-hydrogen) atoms. The predicted octanol–water partition coefficient (Wildman–Crippen LogP) is 2.88. The second kappa shape index (κ2) is 10.1. The van der Waals surface area contributed by atoms with Crippen LogP contribution in [-0.4, -0.2) is 32.1 Å².